The van der Waals surface area contributed by atoms with Crippen LogP contribution in [0.5, 0.6) is 5.75 Å². The number of H-pyrrole nitrogens is 1. The largest absolute Gasteiger partial charge is 0.507 e. The summed E-state index contributed by atoms with van der Waals surface area (Å²) in [7, 11) is 5.84. The summed E-state index contributed by atoms with van der Waals surface area (Å²) >= 11 is 0. The Morgan fingerprint density at radius 3 is 2.67 bits per heavy atom. The number of carbonyl (C=O) groups excluding carboxylic acids is 2. The molecule has 0 spiro atoms. The van der Waals surface area contributed by atoms with Gasteiger partial charge in [0.2, 0.25) is 0 Å². The maximum atomic E-state index is 12.6. The number of allylic oxidation sites excluding steroid dienone is 4. The molecule has 0 radical (unpaired) electrons. The van der Waals surface area contributed by atoms with Crippen LogP contribution in [0.1, 0.15) is 17.5 Å². The van der Waals surface area contributed by atoms with Crippen LogP contribution in [0.25, 0.3) is 16.5 Å². The fourth-order valence-corrected chi connectivity index (χ4v) is 4.09. The van der Waals surface area contributed by atoms with Crippen LogP contribution < -0.4 is 10.6 Å². The zero-order chi connectivity index (χ0) is 21.4. The molecule has 0 atom stereocenters. The summed E-state index contributed by atoms with van der Waals surface area (Å²) in [6, 6.07) is 3.49. The van der Waals surface area contributed by atoms with Gasteiger partial charge in [0, 0.05) is 34.8 Å². The van der Waals surface area contributed by atoms with Gasteiger partial charge >= 0.3 is 0 Å². The van der Waals surface area contributed by atoms with Gasteiger partial charge in [-0.25, -0.2) is 0 Å². The molecule has 1 aromatic carbocycles. The molecule has 0 unspecified atom stereocenters. The summed E-state index contributed by atoms with van der Waals surface area (Å²) in [4.78, 5) is 30.6. The van der Waals surface area contributed by atoms with Gasteiger partial charge < -0.3 is 25.6 Å². The maximum Gasteiger partial charge on any atom is 0.252 e. The van der Waals surface area contributed by atoms with E-state index in [1.807, 2.05) is 33.4 Å². The first-order chi connectivity index (χ1) is 14.4. The Bertz CT molecular complexity index is 1130. The molecule has 1 aromatic heterocycles. The average molecular weight is 406 g/mol. The molecule has 2 aliphatic rings. The second-order valence-electron chi connectivity index (χ2n) is 7.90. The second-order valence-corrected chi connectivity index (χ2v) is 7.90. The van der Waals surface area contributed by atoms with Gasteiger partial charge in [-0.3, -0.25) is 9.59 Å². The Labute approximate surface area is 175 Å². The molecule has 1 aliphatic heterocycles. The third-order valence-electron chi connectivity index (χ3n) is 5.62. The fraction of sp³-hybridized carbons (Fsp3) is 0.304. The zero-order valence-electron chi connectivity index (χ0n) is 17.4. The summed E-state index contributed by atoms with van der Waals surface area (Å²) in [5.74, 6) is -0.171. The van der Waals surface area contributed by atoms with E-state index in [9.17, 15) is 14.7 Å². The number of nitrogens with one attached hydrogen (secondary N) is 3. The molecule has 0 saturated heterocycles. The van der Waals surface area contributed by atoms with Crippen molar-refractivity contribution in [3.8, 4) is 5.75 Å². The van der Waals surface area contributed by atoms with Crippen LogP contribution in [0.4, 0.5) is 0 Å². The van der Waals surface area contributed by atoms with E-state index in [-0.39, 0.29) is 17.4 Å². The van der Waals surface area contributed by atoms with Gasteiger partial charge in [0.1, 0.15) is 5.75 Å². The van der Waals surface area contributed by atoms with Crippen molar-refractivity contribution in [2.45, 2.75) is 12.8 Å². The van der Waals surface area contributed by atoms with Gasteiger partial charge in [-0.05, 0) is 70.4 Å². The molecule has 7 nitrogen and oxygen atoms in total. The van der Waals surface area contributed by atoms with Crippen molar-refractivity contribution in [3.05, 3.63) is 58.5 Å². The number of carbonyl (C=O) groups is 2. The molecule has 1 aliphatic carbocycles. The third kappa shape index (κ3) is 3.36. The van der Waals surface area contributed by atoms with Crippen LogP contribution in [0, 0.1) is 0 Å². The average Bonchev–Trinajstić information content (AvgIpc) is 3.28. The second kappa shape index (κ2) is 7.93. The summed E-state index contributed by atoms with van der Waals surface area (Å²) in [6.07, 6.45) is 6.45. The maximum absolute atomic E-state index is 12.6. The topological polar surface area (TPSA) is 97.5 Å². The number of phenolic OH excluding ortho intramolecular Hbond substituents is 1. The predicted molar refractivity (Wildman–Crippen MR) is 117 cm³/mol. The number of hydrogen-bond donors (Lipinski definition) is 4. The lowest BCUT2D eigenvalue weighted by atomic mass is 9.89. The molecule has 156 valence electrons. The molecule has 4 rings (SSSR count). The number of amides is 1. The number of aromatic nitrogens is 1. The summed E-state index contributed by atoms with van der Waals surface area (Å²) in [5, 5.41) is 17.2. The lowest BCUT2D eigenvalue weighted by molar-refractivity contribution is -0.116. The summed E-state index contributed by atoms with van der Waals surface area (Å²) in [6.45, 7) is 1.47. The Morgan fingerprint density at radius 2 is 1.93 bits per heavy atom. The molecule has 7 heteroatoms. The number of ketones is 1. The number of benzene rings is 1. The van der Waals surface area contributed by atoms with Crippen LogP contribution in [0.15, 0.2) is 47.3 Å². The monoisotopic (exact) mass is 406 g/mol. The van der Waals surface area contributed by atoms with Gasteiger partial charge in [0.25, 0.3) is 5.91 Å². The lowest BCUT2D eigenvalue weighted by Crippen LogP contribution is -2.20. The van der Waals surface area contributed by atoms with Crippen molar-refractivity contribution < 1.29 is 14.7 Å². The van der Waals surface area contributed by atoms with Crippen LogP contribution >= 0.6 is 0 Å². The molecule has 1 amide bonds. The van der Waals surface area contributed by atoms with Gasteiger partial charge in [-0.1, -0.05) is 0 Å². The molecule has 0 saturated carbocycles. The minimum atomic E-state index is -0.224. The van der Waals surface area contributed by atoms with Crippen LogP contribution in [0.3, 0.4) is 0 Å². The normalized spacial score (nSPS) is 16.3. The molecule has 0 bridgehead atoms. The number of aromatic amines is 1. The first-order valence-electron chi connectivity index (χ1n) is 10.1. The van der Waals surface area contributed by atoms with Crippen LogP contribution in [0.2, 0.25) is 0 Å². The quantitative estimate of drug-likeness (QED) is 0.563. The fourth-order valence-electron chi connectivity index (χ4n) is 4.09. The van der Waals surface area contributed by atoms with Crippen molar-refractivity contribution in [2.24, 2.45) is 0 Å². The number of nitrogens with zero attached hydrogens (tertiary/aromatic N) is 1. The molecule has 4 N–H and O–H groups in total. The first-order valence-corrected chi connectivity index (χ1v) is 10.1. The Hall–Kier alpha value is -3.16. The summed E-state index contributed by atoms with van der Waals surface area (Å²) in [5.41, 5.74) is 4.94. The van der Waals surface area contributed by atoms with E-state index < -0.39 is 0 Å². The highest BCUT2D eigenvalue weighted by molar-refractivity contribution is 6.22. The number of likely N-dealkylation sites (N-methyl/N-ethyl adjacent to an activating group) is 1. The van der Waals surface area contributed by atoms with Gasteiger partial charge in [-0.2, -0.15) is 0 Å². The van der Waals surface area contributed by atoms with E-state index in [0.717, 1.165) is 40.6 Å². The molecule has 2 aromatic rings. The van der Waals surface area contributed by atoms with Crippen molar-refractivity contribution in [1.29, 1.82) is 0 Å². The van der Waals surface area contributed by atoms with Gasteiger partial charge in [0.05, 0.1) is 16.8 Å². The minimum Gasteiger partial charge on any atom is -0.507 e. The highest BCUT2D eigenvalue weighted by atomic mass is 16.3. The van der Waals surface area contributed by atoms with Crippen LogP contribution in [-0.4, -0.2) is 60.9 Å². The highest BCUT2D eigenvalue weighted by Crippen LogP contribution is 2.39. The molecule has 2 heterocycles. The molecule has 0 fully saturated rings. The Balaban J connectivity index is 1.85. The lowest BCUT2D eigenvalue weighted by Gasteiger charge is -2.16. The number of phenols is 1. The van der Waals surface area contributed by atoms with E-state index in [0.29, 0.717) is 29.8 Å². The van der Waals surface area contributed by atoms with E-state index in [4.69, 9.17) is 0 Å². The SMILES string of the molecule is CNCCC1=C2C(=O)C=CC(c3ccc(O)c4c(CCN(C)C)c[nH]c34)=C2NC1=O. The third-order valence-corrected chi connectivity index (χ3v) is 5.62. The number of hydrogen-bond acceptors (Lipinski definition) is 5. The first kappa shape index (κ1) is 20.1. The zero-order valence-corrected chi connectivity index (χ0v) is 17.4. The number of rotatable bonds is 7. The summed E-state index contributed by atoms with van der Waals surface area (Å²) < 4.78 is 0. The van der Waals surface area contributed by atoms with E-state index in [2.05, 4.69) is 20.5 Å². The molecular formula is C23H26N4O3. The number of aromatic hydroxyl groups is 1. The van der Waals surface area contributed by atoms with Crippen molar-refractivity contribution >= 4 is 28.2 Å². The highest BCUT2D eigenvalue weighted by Gasteiger charge is 2.34. The minimum absolute atomic E-state index is 0.161. The van der Waals surface area contributed by atoms with Crippen molar-refractivity contribution in [3.63, 3.8) is 0 Å². The van der Waals surface area contributed by atoms with Crippen molar-refractivity contribution in [1.82, 2.24) is 20.5 Å². The van der Waals surface area contributed by atoms with E-state index >= 15 is 0 Å². The Kier molecular flexibility index (Phi) is 5.32. The van der Waals surface area contributed by atoms with E-state index in [1.165, 1.54) is 6.08 Å². The molecule has 30 heavy (non-hydrogen) atoms. The van der Waals surface area contributed by atoms with Crippen LogP contribution in [-0.2, 0) is 16.0 Å². The standard InChI is InChI=1S/C23H26N4O3/c1-24-10-8-16-20-18(29)7-5-15(22(20)26-23(16)30)14-4-6-17(28)19-13(9-11-27(2)3)12-25-21(14)19/h4-7,12,24-25,28H,8-11H2,1-3H3,(H,26,30). The van der Waals surface area contributed by atoms with Gasteiger partial charge in [0.15, 0.2) is 5.78 Å². The predicted octanol–water partition coefficient (Wildman–Crippen LogP) is 1.86. The van der Waals surface area contributed by atoms with E-state index in [1.54, 1.807) is 12.1 Å². The molecular weight excluding hydrogens is 380 g/mol. The van der Waals surface area contributed by atoms with Gasteiger partial charge in [-0.15, -0.1) is 0 Å². The Morgan fingerprint density at radius 1 is 1.13 bits per heavy atom. The smallest absolute Gasteiger partial charge is 0.252 e. The number of fused-ring (bicyclic) bond motifs is 2. The van der Waals surface area contributed by atoms with Crippen molar-refractivity contribution in [2.75, 3.05) is 34.2 Å².